The van der Waals surface area contributed by atoms with E-state index in [0.717, 1.165) is 0 Å². The molecule has 0 atom stereocenters. The number of hydrogen-bond donors (Lipinski definition) is 1. The minimum Gasteiger partial charge on any atom is -0.325 e. The number of carbonyl (C=O) groups is 3. The molecule has 0 bridgehead atoms. The van der Waals surface area contributed by atoms with Gasteiger partial charge in [-0.2, -0.15) is 0 Å². The van der Waals surface area contributed by atoms with Gasteiger partial charge in [-0.3, -0.25) is 14.4 Å². The Kier molecular flexibility index (Phi) is 7.80. The van der Waals surface area contributed by atoms with Crippen LogP contribution in [0.25, 0.3) is 0 Å². The average molecular weight is 492 g/mol. The molecule has 1 N–H and O–H groups in total. The third-order valence-electron chi connectivity index (χ3n) is 4.33. The number of Topliss-reactive ketones (excluding diaryl/α,β-unsaturated/α-hetero) is 1. The number of rotatable bonds is 7. The smallest absolute Gasteiger partial charge is 0.235 e. The van der Waals surface area contributed by atoms with Gasteiger partial charge in [0.1, 0.15) is 0 Å². The first-order valence-electron chi connectivity index (χ1n) is 9.36. The average Bonchev–Trinajstić information content (AvgIpc) is 2.76. The highest BCUT2D eigenvalue weighted by atomic mass is 35.5. The van der Waals surface area contributed by atoms with E-state index in [0.29, 0.717) is 27.0 Å². The van der Waals surface area contributed by atoms with Crippen LogP contribution >= 0.6 is 34.8 Å². The van der Waals surface area contributed by atoms with Gasteiger partial charge >= 0.3 is 0 Å². The zero-order chi connectivity index (χ0) is 23.3. The maximum atomic E-state index is 13.1. The van der Waals surface area contributed by atoms with E-state index in [2.05, 4.69) is 15.3 Å². The van der Waals surface area contributed by atoms with Crippen molar-refractivity contribution < 1.29 is 14.4 Å². The third kappa shape index (κ3) is 6.03. The van der Waals surface area contributed by atoms with Crippen molar-refractivity contribution in [3.8, 4) is 0 Å². The molecular formula is C22H17Cl3N4O3. The number of benzene rings is 2. The highest BCUT2D eigenvalue weighted by molar-refractivity contribution is 6.42. The van der Waals surface area contributed by atoms with E-state index >= 15 is 0 Å². The van der Waals surface area contributed by atoms with Gasteiger partial charge in [-0.15, -0.1) is 0 Å². The van der Waals surface area contributed by atoms with E-state index in [4.69, 9.17) is 34.8 Å². The molecule has 7 nitrogen and oxygen atoms in total. The fraction of sp³-hybridized carbons (Fsp3) is 0.136. The standard InChI is InChI=1S/C22H17Cl3N4O3/c1-13(30)28-19-6-4-15(10-18(19)25)29(12-14-3-5-16(23)17(24)9-14)21(32)11-20(31)22-26-7-2-8-27-22/h2-10H,11-12H2,1H3,(H,28,30). The van der Waals surface area contributed by atoms with Crippen LogP contribution in [0.2, 0.25) is 15.1 Å². The quantitative estimate of drug-likeness (QED) is 0.362. The van der Waals surface area contributed by atoms with E-state index in [1.54, 1.807) is 36.4 Å². The number of ketones is 1. The maximum Gasteiger partial charge on any atom is 0.235 e. The zero-order valence-corrected chi connectivity index (χ0v) is 19.1. The fourth-order valence-corrected chi connectivity index (χ4v) is 3.40. The number of aromatic nitrogens is 2. The predicted octanol–water partition coefficient (Wildman–Crippen LogP) is 5.20. The number of halogens is 3. The summed E-state index contributed by atoms with van der Waals surface area (Å²) in [4.78, 5) is 46.2. The number of amides is 2. The molecule has 164 valence electrons. The van der Waals surface area contributed by atoms with Gasteiger partial charge < -0.3 is 10.2 Å². The van der Waals surface area contributed by atoms with Crippen molar-refractivity contribution in [1.82, 2.24) is 9.97 Å². The van der Waals surface area contributed by atoms with Crippen molar-refractivity contribution in [1.29, 1.82) is 0 Å². The molecule has 0 aliphatic rings. The Morgan fingerprint density at radius 3 is 2.28 bits per heavy atom. The first-order chi connectivity index (χ1) is 15.2. The van der Waals surface area contributed by atoms with E-state index in [-0.39, 0.29) is 23.3 Å². The molecule has 1 heterocycles. The zero-order valence-electron chi connectivity index (χ0n) is 16.8. The summed E-state index contributed by atoms with van der Waals surface area (Å²) in [6.45, 7) is 1.47. The summed E-state index contributed by atoms with van der Waals surface area (Å²) in [5, 5.41) is 3.57. The van der Waals surface area contributed by atoms with Gasteiger partial charge in [-0.25, -0.2) is 9.97 Å². The second kappa shape index (κ2) is 10.5. The van der Waals surface area contributed by atoms with Crippen LogP contribution < -0.4 is 10.2 Å². The molecule has 0 unspecified atom stereocenters. The molecule has 0 spiro atoms. The van der Waals surface area contributed by atoms with Crippen LogP contribution in [-0.4, -0.2) is 27.6 Å². The van der Waals surface area contributed by atoms with Gasteiger partial charge in [0, 0.05) is 25.0 Å². The van der Waals surface area contributed by atoms with Crippen LogP contribution in [-0.2, 0) is 16.1 Å². The summed E-state index contributed by atoms with van der Waals surface area (Å²) in [6.07, 6.45) is 2.41. The summed E-state index contributed by atoms with van der Waals surface area (Å²) >= 11 is 18.4. The lowest BCUT2D eigenvalue weighted by Crippen LogP contribution is -2.32. The lowest BCUT2D eigenvalue weighted by molar-refractivity contribution is -0.118. The molecular weight excluding hydrogens is 475 g/mol. The largest absolute Gasteiger partial charge is 0.325 e. The van der Waals surface area contributed by atoms with Gasteiger partial charge in [0.15, 0.2) is 5.82 Å². The van der Waals surface area contributed by atoms with Crippen LogP contribution in [0.1, 0.15) is 29.5 Å². The van der Waals surface area contributed by atoms with Crippen LogP contribution in [0.4, 0.5) is 11.4 Å². The number of carbonyl (C=O) groups excluding carboxylic acids is 3. The molecule has 10 heteroatoms. The summed E-state index contributed by atoms with van der Waals surface area (Å²) < 4.78 is 0. The maximum absolute atomic E-state index is 13.1. The lowest BCUT2D eigenvalue weighted by Gasteiger charge is -2.24. The Bertz CT molecular complexity index is 1170. The van der Waals surface area contributed by atoms with Crippen molar-refractivity contribution in [2.75, 3.05) is 10.2 Å². The van der Waals surface area contributed by atoms with E-state index in [9.17, 15) is 14.4 Å². The Morgan fingerprint density at radius 1 is 0.938 bits per heavy atom. The molecule has 3 rings (SSSR count). The Hall–Kier alpha value is -3.00. The van der Waals surface area contributed by atoms with Crippen molar-refractivity contribution in [2.45, 2.75) is 19.9 Å². The SMILES string of the molecule is CC(=O)Nc1ccc(N(Cc2ccc(Cl)c(Cl)c2)C(=O)CC(=O)c2ncccn2)cc1Cl. The van der Waals surface area contributed by atoms with Gasteiger partial charge in [-0.1, -0.05) is 40.9 Å². The Morgan fingerprint density at radius 2 is 1.66 bits per heavy atom. The molecule has 0 saturated heterocycles. The van der Waals surface area contributed by atoms with Crippen LogP contribution in [0.5, 0.6) is 0 Å². The summed E-state index contributed by atoms with van der Waals surface area (Å²) in [7, 11) is 0. The fourth-order valence-electron chi connectivity index (χ4n) is 2.86. The van der Waals surface area contributed by atoms with E-state index in [1.165, 1.54) is 30.3 Å². The first kappa shape index (κ1) is 23.7. The normalized spacial score (nSPS) is 10.5. The molecule has 32 heavy (non-hydrogen) atoms. The van der Waals surface area contributed by atoms with Gasteiger partial charge in [0.25, 0.3) is 0 Å². The van der Waals surface area contributed by atoms with Crippen LogP contribution in [0, 0.1) is 0 Å². The van der Waals surface area contributed by atoms with Gasteiger partial charge in [0.05, 0.1) is 33.7 Å². The molecule has 0 aliphatic carbocycles. The van der Waals surface area contributed by atoms with Crippen LogP contribution in [0.15, 0.2) is 54.9 Å². The van der Waals surface area contributed by atoms with Crippen molar-refractivity contribution in [2.24, 2.45) is 0 Å². The Labute approximate surface area is 199 Å². The molecule has 0 radical (unpaired) electrons. The third-order valence-corrected chi connectivity index (χ3v) is 5.38. The molecule has 3 aromatic rings. The highest BCUT2D eigenvalue weighted by Crippen LogP contribution is 2.30. The second-order valence-electron chi connectivity index (χ2n) is 6.75. The van der Waals surface area contributed by atoms with Crippen molar-refractivity contribution in [3.63, 3.8) is 0 Å². The molecule has 1 aromatic heterocycles. The Balaban J connectivity index is 1.92. The summed E-state index contributed by atoms with van der Waals surface area (Å²) in [5.74, 6) is -1.33. The summed E-state index contributed by atoms with van der Waals surface area (Å²) in [6, 6.07) is 11.3. The highest BCUT2D eigenvalue weighted by Gasteiger charge is 2.22. The monoisotopic (exact) mass is 490 g/mol. The number of nitrogens with zero attached hydrogens (tertiary/aromatic N) is 3. The van der Waals surface area contributed by atoms with E-state index in [1.807, 2.05) is 0 Å². The topological polar surface area (TPSA) is 92.3 Å². The predicted molar refractivity (Wildman–Crippen MR) is 124 cm³/mol. The molecule has 2 amide bonds. The van der Waals surface area contributed by atoms with E-state index < -0.39 is 18.1 Å². The number of nitrogens with one attached hydrogen (secondary N) is 1. The molecule has 0 aliphatic heterocycles. The van der Waals surface area contributed by atoms with Gasteiger partial charge in [0.2, 0.25) is 17.6 Å². The van der Waals surface area contributed by atoms with Crippen molar-refractivity contribution in [3.05, 3.63) is 81.3 Å². The molecule has 0 saturated carbocycles. The summed E-state index contributed by atoms with van der Waals surface area (Å²) in [5.41, 5.74) is 1.53. The number of anilines is 2. The van der Waals surface area contributed by atoms with Gasteiger partial charge in [-0.05, 0) is 42.0 Å². The minimum atomic E-state index is -0.518. The minimum absolute atomic E-state index is 0.0469. The number of hydrogen-bond acceptors (Lipinski definition) is 5. The van der Waals surface area contributed by atoms with Crippen molar-refractivity contribution >= 4 is 63.8 Å². The second-order valence-corrected chi connectivity index (χ2v) is 7.97. The lowest BCUT2D eigenvalue weighted by atomic mass is 10.1. The molecule has 0 fully saturated rings. The molecule has 2 aromatic carbocycles. The first-order valence-corrected chi connectivity index (χ1v) is 10.5. The van der Waals surface area contributed by atoms with Crippen LogP contribution in [0.3, 0.4) is 0 Å².